The number of carbonyl (C=O) groups excluding carboxylic acids is 1. The van der Waals surface area contributed by atoms with Gasteiger partial charge in [0.15, 0.2) is 0 Å². The predicted octanol–water partition coefficient (Wildman–Crippen LogP) is -0.0991. The first-order chi connectivity index (χ1) is 7.15. The summed E-state index contributed by atoms with van der Waals surface area (Å²) in [5.41, 5.74) is 0. The number of fused-ring (bicyclic) bond motifs is 2. The third kappa shape index (κ3) is 2.69. The Morgan fingerprint density at radius 1 is 1.33 bits per heavy atom. The maximum Gasteiger partial charge on any atom is 0.236 e. The normalized spacial score (nSPS) is 31.3. The lowest BCUT2D eigenvalue weighted by Crippen LogP contribution is -2.41. The summed E-state index contributed by atoms with van der Waals surface area (Å²) in [4.78, 5) is 15.6. The fourth-order valence-corrected chi connectivity index (χ4v) is 2.49. The van der Waals surface area contributed by atoms with E-state index in [4.69, 9.17) is 0 Å². The monoisotopic (exact) mass is 211 g/mol. The van der Waals surface area contributed by atoms with Gasteiger partial charge in [0, 0.05) is 39.3 Å². The van der Waals surface area contributed by atoms with Crippen LogP contribution >= 0.6 is 0 Å². The van der Waals surface area contributed by atoms with Crippen molar-refractivity contribution in [2.45, 2.75) is 31.3 Å². The summed E-state index contributed by atoms with van der Waals surface area (Å²) in [6.07, 6.45) is 3.79. The maximum atomic E-state index is 11.6. The molecule has 86 valence electrons. The zero-order valence-corrected chi connectivity index (χ0v) is 9.70. The van der Waals surface area contributed by atoms with Crippen LogP contribution < -0.4 is 5.32 Å². The van der Waals surface area contributed by atoms with E-state index in [9.17, 15) is 4.79 Å². The molecule has 0 saturated carbocycles. The van der Waals surface area contributed by atoms with E-state index in [1.807, 2.05) is 14.1 Å². The number of hydrogen-bond acceptors (Lipinski definition) is 3. The molecule has 2 unspecified atom stereocenters. The van der Waals surface area contributed by atoms with Gasteiger partial charge in [-0.15, -0.1) is 0 Å². The lowest BCUT2D eigenvalue weighted by atomic mass is 10.1. The number of nitrogens with zero attached hydrogens (tertiary/aromatic N) is 2. The van der Waals surface area contributed by atoms with Crippen molar-refractivity contribution in [1.29, 1.82) is 0 Å². The summed E-state index contributed by atoms with van der Waals surface area (Å²) in [5, 5.41) is 3.62. The van der Waals surface area contributed by atoms with Crippen LogP contribution in [-0.4, -0.2) is 61.5 Å². The number of hydrogen-bond donors (Lipinski definition) is 1. The number of rotatable bonds is 2. The largest absolute Gasteiger partial charge is 0.348 e. The molecule has 0 radical (unpaired) electrons. The molecule has 2 rings (SSSR count). The third-order valence-electron chi connectivity index (χ3n) is 3.47. The topological polar surface area (TPSA) is 35.6 Å². The van der Waals surface area contributed by atoms with Gasteiger partial charge in [0.1, 0.15) is 0 Å². The second-order valence-corrected chi connectivity index (χ2v) is 4.95. The molecular formula is C11H21N3O. The lowest BCUT2D eigenvalue weighted by molar-refractivity contribution is -0.129. The first kappa shape index (κ1) is 10.9. The fraction of sp³-hybridized carbons (Fsp3) is 0.909. The summed E-state index contributed by atoms with van der Waals surface area (Å²) in [6, 6.07) is 1.32. The number of nitrogens with one attached hydrogen (secondary N) is 1. The van der Waals surface area contributed by atoms with E-state index in [1.54, 1.807) is 4.90 Å². The highest BCUT2D eigenvalue weighted by Crippen LogP contribution is 2.20. The number of likely N-dealkylation sites (tertiary alicyclic amines) is 1. The number of amides is 1. The van der Waals surface area contributed by atoms with Crippen molar-refractivity contribution in [3.8, 4) is 0 Å². The van der Waals surface area contributed by atoms with E-state index in [2.05, 4.69) is 10.2 Å². The van der Waals surface area contributed by atoms with Crippen molar-refractivity contribution >= 4 is 5.91 Å². The molecule has 0 aliphatic carbocycles. The molecule has 1 amide bonds. The molecule has 2 heterocycles. The molecule has 2 bridgehead atoms. The second-order valence-electron chi connectivity index (χ2n) is 4.95. The van der Waals surface area contributed by atoms with E-state index in [0.29, 0.717) is 18.6 Å². The molecule has 2 saturated heterocycles. The van der Waals surface area contributed by atoms with Crippen molar-refractivity contribution < 1.29 is 4.79 Å². The Morgan fingerprint density at radius 2 is 2.07 bits per heavy atom. The average molecular weight is 211 g/mol. The Kier molecular flexibility index (Phi) is 3.26. The molecule has 15 heavy (non-hydrogen) atoms. The van der Waals surface area contributed by atoms with Crippen LogP contribution in [0.2, 0.25) is 0 Å². The van der Waals surface area contributed by atoms with Gasteiger partial charge in [-0.25, -0.2) is 0 Å². The number of likely N-dealkylation sites (N-methyl/N-ethyl adjacent to an activating group) is 1. The van der Waals surface area contributed by atoms with Crippen LogP contribution in [0, 0.1) is 0 Å². The Hall–Kier alpha value is -0.610. The molecule has 0 spiro atoms. The highest BCUT2D eigenvalue weighted by atomic mass is 16.2. The van der Waals surface area contributed by atoms with Crippen LogP contribution in [0.4, 0.5) is 0 Å². The van der Waals surface area contributed by atoms with Crippen molar-refractivity contribution in [2.24, 2.45) is 0 Å². The molecule has 0 aromatic carbocycles. The smallest absolute Gasteiger partial charge is 0.236 e. The van der Waals surface area contributed by atoms with E-state index in [-0.39, 0.29) is 5.91 Å². The van der Waals surface area contributed by atoms with Crippen molar-refractivity contribution in [3.63, 3.8) is 0 Å². The van der Waals surface area contributed by atoms with Crippen LogP contribution in [0.1, 0.15) is 19.3 Å². The van der Waals surface area contributed by atoms with Gasteiger partial charge < -0.3 is 10.2 Å². The molecule has 2 aliphatic heterocycles. The summed E-state index contributed by atoms with van der Waals surface area (Å²) in [7, 11) is 3.65. The predicted molar refractivity (Wildman–Crippen MR) is 59.7 cm³/mol. The first-order valence-corrected chi connectivity index (χ1v) is 5.83. The molecule has 0 aromatic heterocycles. The van der Waals surface area contributed by atoms with Crippen molar-refractivity contribution in [3.05, 3.63) is 0 Å². The highest BCUT2D eigenvalue weighted by molar-refractivity contribution is 5.77. The Balaban J connectivity index is 1.86. The van der Waals surface area contributed by atoms with Gasteiger partial charge in [-0.1, -0.05) is 0 Å². The Labute approximate surface area is 91.6 Å². The van der Waals surface area contributed by atoms with Gasteiger partial charge in [0.2, 0.25) is 5.91 Å². The van der Waals surface area contributed by atoms with Crippen molar-refractivity contribution in [2.75, 3.05) is 33.7 Å². The van der Waals surface area contributed by atoms with Gasteiger partial charge in [-0.3, -0.25) is 9.69 Å². The molecule has 0 aromatic rings. The van der Waals surface area contributed by atoms with Crippen LogP contribution in [0.15, 0.2) is 0 Å². The van der Waals surface area contributed by atoms with Crippen LogP contribution in [0.25, 0.3) is 0 Å². The summed E-state index contributed by atoms with van der Waals surface area (Å²) in [5.74, 6) is 0.216. The van der Waals surface area contributed by atoms with Gasteiger partial charge in [-0.2, -0.15) is 0 Å². The van der Waals surface area contributed by atoms with E-state index in [0.717, 1.165) is 13.1 Å². The average Bonchev–Trinajstić information content (AvgIpc) is 2.50. The third-order valence-corrected chi connectivity index (χ3v) is 3.47. The van der Waals surface area contributed by atoms with Crippen molar-refractivity contribution in [1.82, 2.24) is 15.1 Å². The standard InChI is InChI=1S/C11H21N3O/c1-13(2)11(15)8-14-6-5-9-3-4-10(7-14)12-9/h9-10,12H,3-8H2,1-2H3. The highest BCUT2D eigenvalue weighted by Gasteiger charge is 2.29. The van der Waals surface area contributed by atoms with Gasteiger partial charge in [0.25, 0.3) is 0 Å². The Morgan fingerprint density at radius 3 is 2.80 bits per heavy atom. The summed E-state index contributed by atoms with van der Waals surface area (Å²) >= 11 is 0. The van der Waals surface area contributed by atoms with Gasteiger partial charge in [0.05, 0.1) is 6.54 Å². The quantitative estimate of drug-likeness (QED) is 0.693. The first-order valence-electron chi connectivity index (χ1n) is 5.83. The Bertz CT molecular complexity index is 242. The summed E-state index contributed by atoms with van der Waals surface area (Å²) in [6.45, 7) is 2.68. The minimum atomic E-state index is 0.216. The zero-order valence-electron chi connectivity index (χ0n) is 9.70. The van der Waals surface area contributed by atoms with Crippen LogP contribution in [0.5, 0.6) is 0 Å². The minimum Gasteiger partial charge on any atom is -0.348 e. The minimum absolute atomic E-state index is 0.216. The molecule has 1 N–H and O–H groups in total. The molecule has 2 aliphatic rings. The molecule has 4 nitrogen and oxygen atoms in total. The number of carbonyl (C=O) groups is 1. The fourth-order valence-electron chi connectivity index (χ4n) is 2.49. The SMILES string of the molecule is CN(C)C(=O)CN1CCC2CCC(C1)N2. The van der Waals surface area contributed by atoms with Crippen LogP contribution in [0.3, 0.4) is 0 Å². The van der Waals surface area contributed by atoms with E-state index in [1.165, 1.54) is 19.3 Å². The lowest BCUT2D eigenvalue weighted by Gasteiger charge is -2.24. The van der Waals surface area contributed by atoms with Gasteiger partial charge in [-0.05, 0) is 19.3 Å². The second kappa shape index (κ2) is 4.49. The maximum absolute atomic E-state index is 11.6. The zero-order chi connectivity index (χ0) is 10.8. The molecular weight excluding hydrogens is 190 g/mol. The molecule has 4 heteroatoms. The molecule has 2 atom stereocenters. The van der Waals surface area contributed by atoms with E-state index >= 15 is 0 Å². The van der Waals surface area contributed by atoms with E-state index < -0.39 is 0 Å². The van der Waals surface area contributed by atoms with Crippen LogP contribution in [-0.2, 0) is 4.79 Å². The van der Waals surface area contributed by atoms with Gasteiger partial charge >= 0.3 is 0 Å². The summed E-state index contributed by atoms with van der Waals surface area (Å²) < 4.78 is 0. The molecule has 2 fully saturated rings.